The molecule has 0 aliphatic carbocycles. The molecule has 6 heteroatoms. The number of hydrogen-bond donors (Lipinski definition) is 0. The van der Waals surface area contributed by atoms with Gasteiger partial charge in [0, 0.05) is 10.4 Å². The van der Waals surface area contributed by atoms with Crippen LogP contribution in [0, 0.1) is 0 Å². The third kappa shape index (κ3) is 2.16. The molecular formula is C16H16N2O3S. The van der Waals surface area contributed by atoms with Crippen LogP contribution in [-0.2, 0) is 6.42 Å². The first-order valence-corrected chi connectivity index (χ1v) is 7.71. The van der Waals surface area contributed by atoms with Crippen molar-refractivity contribution in [1.29, 1.82) is 0 Å². The summed E-state index contributed by atoms with van der Waals surface area (Å²) in [7, 11) is 3.22. The van der Waals surface area contributed by atoms with Crippen molar-refractivity contribution in [1.82, 2.24) is 9.38 Å². The number of ether oxygens (including phenoxy) is 2. The molecule has 0 amide bonds. The van der Waals surface area contributed by atoms with Crippen LogP contribution in [0.25, 0.3) is 16.2 Å². The SMILES string of the molecule is CCc1sc2ncc(C=O)n2c1-c1ccc(OC)c(OC)c1. The molecule has 0 aliphatic heterocycles. The van der Waals surface area contributed by atoms with Crippen molar-refractivity contribution in [2.45, 2.75) is 13.3 Å². The number of methoxy groups -OCH3 is 2. The number of nitrogens with zero attached hydrogens (tertiary/aromatic N) is 2. The average molecular weight is 316 g/mol. The molecule has 114 valence electrons. The Kier molecular flexibility index (Phi) is 3.85. The van der Waals surface area contributed by atoms with Gasteiger partial charge < -0.3 is 9.47 Å². The molecule has 3 rings (SSSR count). The van der Waals surface area contributed by atoms with Crippen LogP contribution in [0.1, 0.15) is 22.3 Å². The van der Waals surface area contributed by atoms with Crippen LogP contribution in [0.3, 0.4) is 0 Å². The van der Waals surface area contributed by atoms with Gasteiger partial charge in [-0.2, -0.15) is 0 Å². The Labute approximate surface area is 132 Å². The van der Waals surface area contributed by atoms with E-state index in [9.17, 15) is 4.79 Å². The van der Waals surface area contributed by atoms with Crippen LogP contribution in [0.4, 0.5) is 0 Å². The second kappa shape index (κ2) is 5.81. The molecule has 2 aromatic heterocycles. The molecule has 0 aliphatic rings. The molecule has 0 saturated heterocycles. The number of imidazole rings is 1. The van der Waals surface area contributed by atoms with E-state index < -0.39 is 0 Å². The summed E-state index contributed by atoms with van der Waals surface area (Å²) in [5.74, 6) is 1.34. The molecule has 0 unspecified atom stereocenters. The van der Waals surface area contributed by atoms with E-state index in [1.807, 2.05) is 22.6 Å². The molecular weight excluding hydrogens is 300 g/mol. The maximum absolute atomic E-state index is 11.3. The van der Waals surface area contributed by atoms with E-state index in [4.69, 9.17) is 9.47 Å². The summed E-state index contributed by atoms with van der Waals surface area (Å²) in [6.45, 7) is 2.09. The lowest BCUT2D eigenvalue weighted by Gasteiger charge is -2.10. The summed E-state index contributed by atoms with van der Waals surface area (Å²) in [6, 6.07) is 5.76. The zero-order valence-electron chi connectivity index (χ0n) is 12.6. The van der Waals surface area contributed by atoms with Gasteiger partial charge in [-0.15, -0.1) is 11.3 Å². The number of carbonyl (C=O) groups is 1. The number of thiazole rings is 1. The first-order valence-electron chi connectivity index (χ1n) is 6.90. The van der Waals surface area contributed by atoms with Crippen molar-refractivity contribution in [3.63, 3.8) is 0 Å². The molecule has 1 aromatic carbocycles. The Bertz CT molecular complexity index is 835. The molecule has 0 radical (unpaired) electrons. The molecule has 22 heavy (non-hydrogen) atoms. The van der Waals surface area contributed by atoms with Gasteiger partial charge in [-0.3, -0.25) is 9.20 Å². The lowest BCUT2D eigenvalue weighted by molar-refractivity contribution is 0.111. The van der Waals surface area contributed by atoms with Gasteiger partial charge in [-0.25, -0.2) is 4.98 Å². The number of rotatable bonds is 5. The Balaban J connectivity index is 2.28. The largest absolute Gasteiger partial charge is 0.493 e. The van der Waals surface area contributed by atoms with Crippen molar-refractivity contribution in [3.8, 4) is 22.8 Å². The highest BCUT2D eigenvalue weighted by molar-refractivity contribution is 7.17. The Morgan fingerprint density at radius 1 is 1.27 bits per heavy atom. The molecule has 0 N–H and O–H groups in total. The predicted octanol–water partition coefficient (Wildman–Crippen LogP) is 3.45. The highest BCUT2D eigenvalue weighted by Crippen LogP contribution is 2.37. The number of fused-ring (bicyclic) bond motifs is 1. The highest BCUT2D eigenvalue weighted by atomic mass is 32.1. The Hall–Kier alpha value is -2.34. The summed E-state index contributed by atoms with van der Waals surface area (Å²) >= 11 is 1.60. The third-order valence-corrected chi connectivity index (χ3v) is 4.76. The van der Waals surface area contributed by atoms with Gasteiger partial charge in [0.2, 0.25) is 0 Å². The maximum atomic E-state index is 11.3. The van der Waals surface area contributed by atoms with E-state index in [-0.39, 0.29) is 0 Å². The van der Waals surface area contributed by atoms with Crippen molar-refractivity contribution < 1.29 is 14.3 Å². The van der Waals surface area contributed by atoms with Gasteiger partial charge in [0.15, 0.2) is 22.7 Å². The summed E-state index contributed by atoms with van der Waals surface area (Å²) in [6.07, 6.45) is 3.30. The zero-order chi connectivity index (χ0) is 15.7. The maximum Gasteiger partial charge on any atom is 0.194 e. The van der Waals surface area contributed by atoms with E-state index in [1.165, 1.54) is 4.88 Å². The predicted molar refractivity (Wildman–Crippen MR) is 86.4 cm³/mol. The van der Waals surface area contributed by atoms with Crippen LogP contribution in [-0.4, -0.2) is 29.9 Å². The van der Waals surface area contributed by atoms with E-state index >= 15 is 0 Å². The first kappa shape index (κ1) is 14.6. The average Bonchev–Trinajstić information content (AvgIpc) is 3.12. The quantitative estimate of drug-likeness (QED) is 0.677. The van der Waals surface area contributed by atoms with Crippen molar-refractivity contribution >= 4 is 22.6 Å². The Morgan fingerprint density at radius 3 is 2.68 bits per heavy atom. The van der Waals surface area contributed by atoms with Crippen molar-refractivity contribution in [2.75, 3.05) is 14.2 Å². The number of benzene rings is 1. The van der Waals surface area contributed by atoms with Crippen LogP contribution in [0.15, 0.2) is 24.4 Å². The molecule has 0 fully saturated rings. The van der Waals surface area contributed by atoms with Gasteiger partial charge in [-0.05, 0) is 24.6 Å². The van der Waals surface area contributed by atoms with Gasteiger partial charge in [0.25, 0.3) is 0 Å². The molecule has 0 atom stereocenters. The fourth-order valence-electron chi connectivity index (χ4n) is 2.52. The summed E-state index contributed by atoms with van der Waals surface area (Å²) < 4.78 is 12.6. The monoisotopic (exact) mass is 316 g/mol. The van der Waals surface area contributed by atoms with Crippen LogP contribution in [0.2, 0.25) is 0 Å². The van der Waals surface area contributed by atoms with Crippen molar-refractivity contribution in [3.05, 3.63) is 35.0 Å². The number of aldehydes is 1. The summed E-state index contributed by atoms with van der Waals surface area (Å²) in [4.78, 5) is 17.6. The van der Waals surface area contributed by atoms with Crippen molar-refractivity contribution in [2.24, 2.45) is 0 Å². The first-order chi connectivity index (χ1) is 10.7. The number of hydrogen-bond acceptors (Lipinski definition) is 5. The third-order valence-electron chi connectivity index (χ3n) is 3.56. The summed E-state index contributed by atoms with van der Waals surface area (Å²) in [5.41, 5.74) is 2.51. The lowest BCUT2D eigenvalue weighted by atomic mass is 10.1. The molecule has 5 nitrogen and oxygen atoms in total. The standard InChI is InChI=1S/C16H16N2O3S/c1-4-14-15(18-11(9-19)8-17-16(18)22-14)10-5-6-12(20-2)13(7-10)21-3/h5-9H,4H2,1-3H3. The second-order valence-electron chi connectivity index (χ2n) is 4.72. The molecule has 2 heterocycles. The summed E-state index contributed by atoms with van der Waals surface area (Å²) in [5, 5.41) is 0. The highest BCUT2D eigenvalue weighted by Gasteiger charge is 2.18. The van der Waals surface area contributed by atoms with Crippen LogP contribution in [0.5, 0.6) is 11.5 Å². The molecule has 0 spiro atoms. The topological polar surface area (TPSA) is 52.8 Å². The van der Waals surface area contributed by atoms with Crippen LogP contribution >= 0.6 is 11.3 Å². The lowest BCUT2D eigenvalue weighted by Crippen LogP contribution is -1.96. The number of carbonyl (C=O) groups excluding carboxylic acids is 1. The number of aryl methyl sites for hydroxylation is 1. The second-order valence-corrected chi connectivity index (χ2v) is 5.78. The van der Waals surface area contributed by atoms with E-state index in [2.05, 4.69) is 11.9 Å². The normalized spacial score (nSPS) is 10.9. The minimum atomic E-state index is 0.552. The fourth-order valence-corrected chi connectivity index (χ4v) is 3.59. The zero-order valence-corrected chi connectivity index (χ0v) is 13.4. The number of aromatic nitrogens is 2. The van der Waals surface area contributed by atoms with Gasteiger partial charge >= 0.3 is 0 Å². The Morgan fingerprint density at radius 2 is 2.05 bits per heavy atom. The van der Waals surface area contributed by atoms with Gasteiger partial charge in [0.05, 0.1) is 26.1 Å². The van der Waals surface area contributed by atoms with E-state index in [1.54, 1.807) is 31.8 Å². The van der Waals surface area contributed by atoms with Gasteiger partial charge in [0.1, 0.15) is 5.69 Å². The minimum absolute atomic E-state index is 0.552. The molecule has 3 aromatic rings. The van der Waals surface area contributed by atoms with E-state index in [0.717, 1.165) is 28.9 Å². The molecule has 0 saturated carbocycles. The smallest absolute Gasteiger partial charge is 0.194 e. The fraction of sp³-hybridized carbons (Fsp3) is 0.250. The van der Waals surface area contributed by atoms with Gasteiger partial charge in [-0.1, -0.05) is 6.92 Å². The minimum Gasteiger partial charge on any atom is -0.493 e. The van der Waals surface area contributed by atoms with E-state index in [0.29, 0.717) is 17.2 Å². The van der Waals surface area contributed by atoms with Crippen LogP contribution < -0.4 is 9.47 Å². The molecule has 0 bridgehead atoms.